The molecule has 8 nitrogen and oxygen atoms in total. The van der Waals surface area contributed by atoms with E-state index in [0.29, 0.717) is 6.54 Å². The molecule has 11 heteroatoms. The van der Waals surface area contributed by atoms with Crippen LogP contribution in [0.4, 0.5) is 19.1 Å². The first-order valence-corrected chi connectivity index (χ1v) is 8.12. The summed E-state index contributed by atoms with van der Waals surface area (Å²) in [6.07, 6.45) is -2.16. The quantitative estimate of drug-likeness (QED) is 0.664. The minimum Gasteiger partial charge on any atom is -0.354 e. The third-order valence-electron chi connectivity index (χ3n) is 3.64. The lowest BCUT2D eigenvalue weighted by molar-refractivity contribution is -0.159. The fraction of sp³-hybridized carbons (Fsp3) is 0.235. The Morgan fingerprint density at radius 3 is 2.43 bits per heavy atom. The third kappa shape index (κ3) is 4.81. The molecular weight excluding hydrogens is 377 g/mol. The van der Waals surface area contributed by atoms with Crippen molar-refractivity contribution < 1.29 is 22.5 Å². The summed E-state index contributed by atoms with van der Waals surface area (Å²) >= 11 is 0. The van der Waals surface area contributed by atoms with Crippen LogP contribution in [0.3, 0.4) is 0 Å². The van der Waals surface area contributed by atoms with Gasteiger partial charge in [0.25, 0.3) is 0 Å². The van der Waals surface area contributed by atoms with Crippen molar-refractivity contribution in [2.24, 2.45) is 0 Å². The topological polar surface area (TPSA) is 106 Å². The molecule has 2 N–H and O–H groups in total. The van der Waals surface area contributed by atoms with Gasteiger partial charge in [-0.1, -0.05) is 35.5 Å². The molecule has 0 aliphatic heterocycles. The Balaban J connectivity index is 1.75. The van der Waals surface area contributed by atoms with Crippen LogP contribution in [0.2, 0.25) is 0 Å². The molecule has 1 unspecified atom stereocenters. The van der Waals surface area contributed by atoms with Crippen LogP contribution in [0.15, 0.2) is 47.2 Å². The number of nitrogens with one attached hydrogen (secondary N) is 2. The monoisotopic (exact) mass is 392 g/mol. The molecule has 0 radical (unpaired) electrons. The number of hydrogen-bond acceptors (Lipinski definition) is 7. The Morgan fingerprint density at radius 1 is 1.18 bits per heavy atom. The Hall–Kier alpha value is -3.50. The zero-order valence-corrected chi connectivity index (χ0v) is 14.6. The molecule has 1 amide bonds. The zero-order valence-electron chi connectivity index (χ0n) is 14.6. The number of carbonyl (C=O) groups is 1. The molecule has 0 aliphatic rings. The summed E-state index contributed by atoms with van der Waals surface area (Å²) in [5.41, 5.74) is 1.07. The van der Waals surface area contributed by atoms with Crippen LogP contribution >= 0.6 is 0 Å². The van der Waals surface area contributed by atoms with Crippen LogP contribution in [0.1, 0.15) is 24.4 Å². The number of benzene rings is 1. The predicted octanol–water partition coefficient (Wildman–Crippen LogP) is 2.83. The Labute approximate surface area is 157 Å². The summed E-state index contributed by atoms with van der Waals surface area (Å²) < 4.78 is 41.8. The van der Waals surface area contributed by atoms with E-state index in [1.54, 1.807) is 0 Å². The average Bonchev–Trinajstić information content (AvgIpc) is 3.17. The first-order valence-electron chi connectivity index (χ1n) is 8.12. The summed E-state index contributed by atoms with van der Waals surface area (Å²) in [7, 11) is 0. The summed E-state index contributed by atoms with van der Waals surface area (Å²) in [5.74, 6) is -1.67. The second-order valence-electron chi connectivity index (χ2n) is 5.76. The highest BCUT2D eigenvalue weighted by molar-refractivity contribution is 5.72. The van der Waals surface area contributed by atoms with Crippen LogP contribution in [0.25, 0.3) is 11.4 Å². The van der Waals surface area contributed by atoms with E-state index in [9.17, 15) is 18.0 Å². The summed E-state index contributed by atoms with van der Waals surface area (Å²) in [5, 5.41) is 9.09. The molecule has 2 heterocycles. The first-order chi connectivity index (χ1) is 13.3. The molecule has 0 bridgehead atoms. The van der Waals surface area contributed by atoms with Gasteiger partial charge >= 0.3 is 12.1 Å². The number of halogens is 3. The molecule has 0 fully saturated rings. The largest absolute Gasteiger partial charge is 0.471 e. The van der Waals surface area contributed by atoms with Gasteiger partial charge in [0.05, 0.1) is 11.6 Å². The van der Waals surface area contributed by atoms with Crippen LogP contribution in [-0.2, 0) is 11.0 Å². The van der Waals surface area contributed by atoms with Crippen molar-refractivity contribution in [3.63, 3.8) is 0 Å². The van der Waals surface area contributed by atoms with Crippen molar-refractivity contribution in [3.05, 3.63) is 54.2 Å². The number of hydrogen-bond donors (Lipinski definition) is 2. The van der Waals surface area contributed by atoms with Crippen molar-refractivity contribution in [3.8, 4) is 11.4 Å². The number of rotatable bonds is 6. The lowest BCUT2D eigenvalue weighted by Gasteiger charge is -2.19. The molecule has 28 heavy (non-hydrogen) atoms. The zero-order chi connectivity index (χ0) is 20.1. The van der Waals surface area contributed by atoms with Gasteiger partial charge in [0.2, 0.25) is 17.7 Å². The number of amides is 1. The fourth-order valence-electron chi connectivity index (χ4n) is 2.31. The second kappa shape index (κ2) is 8.03. The Kier molecular flexibility index (Phi) is 5.52. The van der Waals surface area contributed by atoms with Gasteiger partial charge in [-0.3, -0.25) is 4.79 Å². The predicted molar refractivity (Wildman–Crippen MR) is 91.8 cm³/mol. The molecule has 2 aromatic heterocycles. The summed E-state index contributed by atoms with van der Waals surface area (Å²) in [6, 6.07) is 9.03. The van der Waals surface area contributed by atoms with E-state index < -0.39 is 12.1 Å². The van der Waals surface area contributed by atoms with Gasteiger partial charge in [-0.05, 0) is 5.56 Å². The molecule has 1 aromatic carbocycles. The Bertz CT molecular complexity index is 928. The smallest absolute Gasteiger partial charge is 0.354 e. The molecule has 1 atom stereocenters. The number of alkyl halides is 3. The van der Waals surface area contributed by atoms with Crippen molar-refractivity contribution in [2.45, 2.75) is 19.1 Å². The van der Waals surface area contributed by atoms with E-state index in [0.717, 1.165) is 5.56 Å². The van der Waals surface area contributed by atoms with E-state index in [1.807, 2.05) is 30.3 Å². The number of carbonyl (C=O) groups excluding carboxylic acids is 1. The van der Waals surface area contributed by atoms with Crippen molar-refractivity contribution in [1.82, 2.24) is 25.4 Å². The standard InChI is InChI=1S/C17H15F3N6O2/c1-10(27)21-9-13(11-5-3-2-4-6-11)24-16-22-7-12(8-23-16)14-25-15(28-26-14)17(18,19)20/h2-8,13H,9H2,1H3,(H,21,27)(H,22,23,24). The number of anilines is 1. The van der Waals surface area contributed by atoms with Crippen LogP contribution in [0, 0.1) is 0 Å². The van der Waals surface area contributed by atoms with Gasteiger partial charge in [0.15, 0.2) is 0 Å². The molecule has 3 aromatic rings. The van der Waals surface area contributed by atoms with Gasteiger partial charge in [-0.2, -0.15) is 18.2 Å². The minimum atomic E-state index is -4.72. The third-order valence-corrected chi connectivity index (χ3v) is 3.64. The molecule has 146 valence electrons. The number of aromatic nitrogens is 4. The summed E-state index contributed by atoms with van der Waals surface area (Å²) in [6.45, 7) is 1.71. The lowest BCUT2D eigenvalue weighted by Crippen LogP contribution is -2.30. The lowest BCUT2D eigenvalue weighted by atomic mass is 10.1. The van der Waals surface area contributed by atoms with Crippen molar-refractivity contribution >= 4 is 11.9 Å². The highest BCUT2D eigenvalue weighted by atomic mass is 19.4. The first kappa shape index (κ1) is 19.3. The van der Waals surface area contributed by atoms with Gasteiger partial charge in [0.1, 0.15) is 0 Å². The summed E-state index contributed by atoms with van der Waals surface area (Å²) in [4.78, 5) is 22.7. The van der Waals surface area contributed by atoms with Gasteiger partial charge in [0, 0.05) is 25.9 Å². The van der Waals surface area contributed by atoms with Crippen LogP contribution in [-0.4, -0.2) is 32.6 Å². The maximum Gasteiger partial charge on any atom is 0.471 e. The highest BCUT2D eigenvalue weighted by Crippen LogP contribution is 2.29. The van der Waals surface area contributed by atoms with Crippen LogP contribution < -0.4 is 10.6 Å². The molecule has 0 saturated heterocycles. The van der Waals surface area contributed by atoms with E-state index in [4.69, 9.17) is 0 Å². The second-order valence-corrected chi connectivity index (χ2v) is 5.76. The number of nitrogens with zero attached hydrogens (tertiary/aromatic N) is 4. The molecule has 0 aliphatic carbocycles. The maximum atomic E-state index is 12.5. The van der Waals surface area contributed by atoms with Crippen molar-refractivity contribution in [2.75, 3.05) is 11.9 Å². The normalized spacial score (nSPS) is 12.4. The SMILES string of the molecule is CC(=O)NCC(Nc1ncc(-c2noc(C(F)(F)F)n2)cn1)c1ccccc1. The van der Waals surface area contributed by atoms with E-state index in [2.05, 4.69) is 35.3 Å². The fourth-order valence-corrected chi connectivity index (χ4v) is 2.31. The Morgan fingerprint density at radius 2 is 1.86 bits per heavy atom. The molecule has 0 spiro atoms. The van der Waals surface area contributed by atoms with E-state index in [-0.39, 0.29) is 29.3 Å². The minimum absolute atomic E-state index is 0.169. The molecular formula is C17H15F3N6O2. The van der Waals surface area contributed by atoms with Gasteiger partial charge < -0.3 is 15.2 Å². The van der Waals surface area contributed by atoms with Gasteiger partial charge in [-0.25, -0.2) is 9.97 Å². The maximum absolute atomic E-state index is 12.5. The van der Waals surface area contributed by atoms with E-state index >= 15 is 0 Å². The van der Waals surface area contributed by atoms with Gasteiger partial charge in [-0.15, -0.1) is 0 Å². The molecule has 3 rings (SSSR count). The van der Waals surface area contributed by atoms with E-state index in [1.165, 1.54) is 19.3 Å². The molecule has 0 saturated carbocycles. The average molecular weight is 392 g/mol. The van der Waals surface area contributed by atoms with Crippen molar-refractivity contribution in [1.29, 1.82) is 0 Å². The highest BCUT2D eigenvalue weighted by Gasteiger charge is 2.38. The van der Waals surface area contributed by atoms with Crippen LogP contribution in [0.5, 0.6) is 0 Å².